The minimum atomic E-state index is -1.34. The van der Waals surface area contributed by atoms with Gasteiger partial charge in [-0.1, -0.05) is 69.6 Å². The first-order valence-corrected chi connectivity index (χ1v) is 17.7. The molecule has 1 saturated carbocycles. The van der Waals surface area contributed by atoms with E-state index in [2.05, 4.69) is 69.6 Å². The highest BCUT2D eigenvalue weighted by Crippen LogP contribution is 2.62. The molecule has 0 aromatic heterocycles. The largest absolute Gasteiger partial charge is 0.325 e. The summed E-state index contributed by atoms with van der Waals surface area (Å²) in [5.41, 5.74) is 2.42. The van der Waals surface area contributed by atoms with E-state index in [4.69, 9.17) is 9.52 Å². The minimum Gasteiger partial charge on any atom is -0.325 e. The smallest absolute Gasteiger partial charge is 0.164 e. The fourth-order valence-electron chi connectivity index (χ4n) is 4.58. The van der Waals surface area contributed by atoms with Gasteiger partial charge < -0.3 is 4.52 Å². The standard InChI is InChI=1S/C19H32NOPSi2/c1-23(2,3)18(24(4,5)6)22-17(16-12-8-7-9-13-16)20-19(21-22)14-10-11-15-19/h7-9,12-13,18H,10-11,14-15H2,1-6H3. The first-order chi connectivity index (χ1) is 11.1. The van der Waals surface area contributed by atoms with Gasteiger partial charge in [-0.25, -0.2) is 4.99 Å². The zero-order chi connectivity index (χ0) is 17.6. The molecule has 1 atom stereocenters. The van der Waals surface area contributed by atoms with Crippen LogP contribution in [0.5, 0.6) is 0 Å². The second kappa shape index (κ2) is 6.46. The molecular weight excluding hydrogens is 345 g/mol. The van der Waals surface area contributed by atoms with E-state index in [0.29, 0.717) is 0 Å². The first kappa shape index (κ1) is 18.5. The minimum absolute atomic E-state index is 0.186. The Morgan fingerprint density at radius 2 is 1.50 bits per heavy atom. The quantitative estimate of drug-likeness (QED) is 0.448. The van der Waals surface area contributed by atoms with Crippen LogP contribution in [-0.4, -0.2) is 32.2 Å². The van der Waals surface area contributed by atoms with Crippen LogP contribution in [0.25, 0.3) is 0 Å². The summed E-state index contributed by atoms with van der Waals surface area (Å²) < 4.78 is 6.92. The maximum Gasteiger partial charge on any atom is 0.164 e. The van der Waals surface area contributed by atoms with E-state index in [0.717, 1.165) is 17.7 Å². The Bertz CT molecular complexity index is 598. The number of aliphatic imine (C=N–C) groups is 1. The van der Waals surface area contributed by atoms with Crippen molar-refractivity contribution in [1.82, 2.24) is 0 Å². The third kappa shape index (κ3) is 3.62. The highest BCUT2D eigenvalue weighted by molar-refractivity contribution is 7.77. The predicted octanol–water partition coefficient (Wildman–Crippen LogP) is 6.25. The van der Waals surface area contributed by atoms with Gasteiger partial charge >= 0.3 is 0 Å². The van der Waals surface area contributed by atoms with E-state index >= 15 is 0 Å². The van der Waals surface area contributed by atoms with Crippen molar-refractivity contribution in [3.8, 4) is 0 Å². The summed E-state index contributed by atoms with van der Waals surface area (Å²) in [6, 6.07) is 10.8. The number of rotatable bonds is 4. The fourth-order valence-corrected chi connectivity index (χ4v) is 23.4. The van der Waals surface area contributed by atoms with Crippen LogP contribution in [0.3, 0.4) is 0 Å². The highest BCUT2D eigenvalue weighted by atomic mass is 31.1. The van der Waals surface area contributed by atoms with Gasteiger partial charge in [0.15, 0.2) is 5.72 Å². The van der Waals surface area contributed by atoms with Crippen molar-refractivity contribution in [2.75, 3.05) is 0 Å². The summed E-state index contributed by atoms with van der Waals surface area (Å²) >= 11 is 0. The monoisotopic (exact) mass is 377 g/mol. The van der Waals surface area contributed by atoms with Crippen LogP contribution in [0.15, 0.2) is 35.3 Å². The van der Waals surface area contributed by atoms with Crippen LogP contribution < -0.4 is 0 Å². The van der Waals surface area contributed by atoms with Crippen molar-refractivity contribution in [2.45, 2.75) is 75.6 Å². The van der Waals surface area contributed by atoms with E-state index in [1.165, 1.54) is 23.9 Å². The van der Waals surface area contributed by atoms with Gasteiger partial charge in [-0.3, -0.25) is 0 Å². The molecule has 0 radical (unpaired) electrons. The Balaban J connectivity index is 2.06. The third-order valence-corrected chi connectivity index (χ3v) is 21.4. The van der Waals surface area contributed by atoms with E-state index < -0.39 is 24.3 Å². The molecule has 132 valence electrons. The van der Waals surface area contributed by atoms with E-state index in [1.807, 2.05) is 0 Å². The van der Waals surface area contributed by atoms with Crippen molar-refractivity contribution >= 4 is 29.7 Å². The Morgan fingerprint density at radius 1 is 0.958 bits per heavy atom. The molecule has 0 bridgehead atoms. The summed E-state index contributed by atoms with van der Waals surface area (Å²) in [4.78, 5) is 6.04. The molecule has 5 heteroatoms. The number of nitrogens with zero attached hydrogens (tertiary/aromatic N) is 1. The molecule has 1 fully saturated rings. The van der Waals surface area contributed by atoms with E-state index in [1.54, 1.807) is 0 Å². The van der Waals surface area contributed by atoms with Gasteiger partial charge in [-0.15, -0.1) is 0 Å². The van der Waals surface area contributed by atoms with Gasteiger partial charge in [-0.05, 0) is 30.6 Å². The molecule has 1 aromatic carbocycles. The maximum absolute atomic E-state index is 6.92. The summed E-state index contributed by atoms with van der Waals surface area (Å²) in [6.07, 6.45) is 4.76. The zero-order valence-corrected chi connectivity index (χ0v) is 19.0. The molecule has 1 aliphatic heterocycles. The normalized spacial score (nSPS) is 24.0. The molecule has 2 nitrogen and oxygen atoms in total. The fraction of sp³-hybridized carbons (Fsp3) is 0.632. The van der Waals surface area contributed by atoms with Crippen molar-refractivity contribution in [3.63, 3.8) is 0 Å². The van der Waals surface area contributed by atoms with Gasteiger partial charge in [0, 0.05) is 5.56 Å². The predicted molar refractivity (Wildman–Crippen MR) is 113 cm³/mol. The Kier molecular flexibility index (Phi) is 4.98. The molecule has 0 N–H and O–H groups in total. The van der Waals surface area contributed by atoms with Gasteiger partial charge in [0.1, 0.15) is 0 Å². The molecule has 1 aliphatic carbocycles. The highest BCUT2D eigenvalue weighted by Gasteiger charge is 2.53. The summed E-state index contributed by atoms with van der Waals surface area (Å²) in [7, 11) is -3.30. The zero-order valence-electron chi connectivity index (χ0n) is 16.1. The Hall–Kier alpha value is -0.286. The van der Waals surface area contributed by atoms with Gasteiger partial charge in [-0.2, -0.15) is 0 Å². The summed E-state index contributed by atoms with van der Waals surface area (Å²) in [5.74, 6) is 0. The molecule has 3 rings (SSSR count). The molecule has 0 saturated heterocycles. The summed E-state index contributed by atoms with van der Waals surface area (Å²) in [6.45, 7) is 15.2. The summed E-state index contributed by atoms with van der Waals surface area (Å²) in [5, 5.41) is 0. The third-order valence-electron chi connectivity index (χ3n) is 5.08. The van der Waals surface area contributed by atoms with Crippen LogP contribution in [-0.2, 0) is 4.52 Å². The number of hydrogen-bond donors (Lipinski definition) is 0. The molecule has 0 amide bonds. The Labute approximate surface area is 151 Å². The topological polar surface area (TPSA) is 21.6 Å². The lowest BCUT2D eigenvalue weighted by atomic mass is 10.2. The number of benzene rings is 1. The average molecular weight is 378 g/mol. The van der Waals surface area contributed by atoms with E-state index in [-0.39, 0.29) is 5.72 Å². The second-order valence-electron chi connectivity index (χ2n) is 9.51. The second-order valence-corrected chi connectivity index (χ2v) is 23.4. The van der Waals surface area contributed by atoms with Crippen LogP contribution in [0.2, 0.25) is 39.3 Å². The molecule has 2 aliphatic rings. The van der Waals surface area contributed by atoms with Crippen molar-refractivity contribution in [2.24, 2.45) is 4.99 Å². The lowest BCUT2D eigenvalue weighted by Gasteiger charge is -2.42. The first-order valence-electron chi connectivity index (χ1n) is 9.26. The molecule has 24 heavy (non-hydrogen) atoms. The van der Waals surface area contributed by atoms with Crippen molar-refractivity contribution in [3.05, 3.63) is 35.9 Å². The molecule has 1 heterocycles. The van der Waals surface area contributed by atoms with Crippen molar-refractivity contribution < 1.29 is 4.52 Å². The lowest BCUT2D eigenvalue weighted by molar-refractivity contribution is 0.114. The Morgan fingerprint density at radius 3 is 2.00 bits per heavy atom. The van der Waals surface area contributed by atoms with Gasteiger partial charge in [0.05, 0.1) is 29.7 Å². The SMILES string of the molecule is C[Si](C)(C)C(P1OC2(CCCC2)N=C1c1ccccc1)[Si](C)(C)C. The van der Waals surface area contributed by atoms with E-state index in [9.17, 15) is 0 Å². The molecule has 1 unspecified atom stereocenters. The van der Waals surface area contributed by atoms with Crippen LogP contribution in [0.4, 0.5) is 0 Å². The maximum atomic E-state index is 6.92. The van der Waals surface area contributed by atoms with Crippen LogP contribution in [0.1, 0.15) is 31.2 Å². The average Bonchev–Trinajstić information content (AvgIpc) is 3.05. The lowest BCUT2D eigenvalue weighted by Crippen LogP contribution is -2.53. The number of hydrogen-bond acceptors (Lipinski definition) is 2. The molecular formula is C19H32NOPSi2. The van der Waals surface area contributed by atoms with Crippen LogP contribution in [0, 0.1) is 0 Å². The molecule has 1 aromatic rings. The van der Waals surface area contributed by atoms with Gasteiger partial charge in [0.2, 0.25) is 0 Å². The molecule has 1 spiro atoms. The van der Waals surface area contributed by atoms with Gasteiger partial charge in [0.25, 0.3) is 0 Å². The van der Waals surface area contributed by atoms with Crippen LogP contribution >= 0.6 is 8.15 Å². The van der Waals surface area contributed by atoms with Crippen molar-refractivity contribution in [1.29, 1.82) is 0 Å².